The molecule has 2 N–H and O–H groups in total. The van der Waals surface area contributed by atoms with Gasteiger partial charge in [0.2, 0.25) is 5.96 Å². The van der Waals surface area contributed by atoms with Crippen molar-refractivity contribution in [1.82, 2.24) is 4.98 Å². The van der Waals surface area contributed by atoms with Crippen LogP contribution in [0.4, 0.5) is 11.5 Å². The number of methoxy groups -OCH3 is 2. The van der Waals surface area contributed by atoms with Crippen molar-refractivity contribution in [2.45, 2.75) is 6.42 Å². The van der Waals surface area contributed by atoms with Gasteiger partial charge in [0.25, 0.3) is 0 Å². The third-order valence-electron chi connectivity index (χ3n) is 4.36. The third-order valence-corrected chi connectivity index (χ3v) is 4.36. The average molecular weight is 376 g/mol. The molecule has 0 amide bonds. The van der Waals surface area contributed by atoms with E-state index in [2.05, 4.69) is 4.99 Å². The van der Waals surface area contributed by atoms with Crippen molar-refractivity contribution in [3.05, 3.63) is 78.0 Å². The predicted octanol–water partition coefficient (Wildman–Crippen LogP) is 3.77. The molecule has 0 atom stereocenters. The highest BCUT2D eigenvalue weighted by Gasteiger charge is 2.12. The first-order valence-corrected chi connectivity index (χ1v) is 8.90. The quantitative estimate of drug-likeness (QED) is 0.524. The lowest BCUT2D eigenvalue weighted by molar-refractivity contribution is 0.408. The summed E-state index contributed by atoms with van der Waals surface area (Å²) in [6.07, 6.45) is 0.630. The maximum Gasteiger partial charge on any atom is 0.201 e. The van der Waals surface area contributed by atoms with Crippen LogP contribution < -0.4 is 20.1 Å². The van der Waals surface area contributed by atoms with Gasteiger partial charge in [0.15, 0.2) is 0 Å². The molecule has 144 valence electrons. The predicted molar refractivity (Wildman–Crippen MR) is 113 cm³/mol. The van der Waals surface area contributed by atoms with Gasteiger partial charge in [0, 0.05) is 13.5 Å². The van der Waals surface area contributed by atoms with Crippen LogP contribution in [0.2, 0.25) is 0 Å². The van der Waals surface area contributed by atoms with E-state index < -0.39 is 0 Å². The Labute approximate surface area is 165 Å². The van der Waals surface area contributed by atoms with Crippen molar-refractivity contribution in [2.24, 2.45) is 10.7 Å². The van der Waals surface area contributed by atoms with Crippen LogP contribution in [0.25, 0.3) is 0 Å². The number of guanidine groups is 1. The molecular formula is C22H24N4O2. The average Bonchev–Trinajstić information content (AvgIpc) is 2.74. The minimum Gasteiger partial charge on any atom is -0.497 e. The molecule has 0 fully saturated rings. The Balaban J connectivity index is 1.85. The van der Waals surface area contributed by atoms with Crippen molar-refractivity contribution >= 4 is 17.5 Å². The number of hydrogen-bond acceptors (Lipinski definition) is 4. The molecule has 6 heteroatoms. The second kappa shape index (κ2) is 8.90. The lowest BCUT2D eigenvalue weighted by Gasteiger charge is -2.19. The summed E-state index contributed by atoms with van der Waals surface area (Å²) < 4.78 is 10.7. The molecule has 0 aliphatic rings. The monoisotopic (exact) mass is 376 g/mol. The summed E-state index contributed by atoms with van der Waals surface area (Å²) in [4.78, 5) is 11.0. The van der Waals surface area contributed by atoms with Gasteiger partial charge in [0.1, 0.15) is 17.3 Å². The van der Waals surface area contributed by atoms with Crippen molar-refractivity contribution in [3.8, 4) is 11.5 Å². The summed E-state index contributed by atoms with van der Waals surface area (Å²) in [5.74, 6) is 2.61. The lowest BCUT2D eigenvalue weighted by atomic mass is 10.1. The zero-order valence-electron chi connectivity index (χ0n) is 16.3. The van der Waals surface area contributed by atoms with Gasteiger partial charge < -0.3 is 20.1 Å². The van der Waals surface area contributed by atoms with E-state index in [4.69, 9.17) is 20.2 Å². The van der Waals surface area contributed by atoms with E-state index in [0.29, 0.717) is 18.2 Å². The molecule has 0 bridgehead atoms. The first-order valence-electron chi connectivity index (χ1n) is 8.90. The number of aromatic nitrogens is 1. The van der Waals surface area contributed by atoms with E-state index in [1.54, 1.807) is 19.1 Å². The van der Waals surface area contributed by atoms with Crippen LogP contribution in [0, 0.1) is 0 Å². The highest BCUT2D eigenvalue weighted by atomic mass is 16.5. The van der Waals surface area contributed by atoms with Crippen LogP contribution in [-0.4, -0.2) is 32.2 Å². The fourth-order valence-electron chi connectivity index (χ4n) is 2.74. The van der Waals surface area contributed by atoms with Gasteiger partial charge in [-0.1, -0.05) is 30.3 Å². The number of nitrogens with two attached hydrogens (primary N) is 1. The van der Waals surface area contributed by atoms with E-state index in [-0.39, 0.29) is 0 Å². The molecule has 1 heterocycles. The molecule has 0 saturated carbocycles. The molecule has 0 radical (unpaired) electrons. The minimum atomic E-state index is 0.360. The fraction of sp³-hybridized carbons (Fsp3) is 0.182. The number of ether oxygens (including phenoxy) is 2. The lowest BCUT2D eigenvalue weighted by Crippen LogP contribution is -2.34. The van der Waals surface area contributed by atoms with Gasteiger partial charge in [-0.2, -0.15) is 0 Å². The van der Waals surface area contributed by atoms with Crippen molar-refractivity contribution < 1.29 is 9.47 Å². The molecule has 3 aromatic rings. The number of para-hydroxylation sites is 1. The number of aliphatic imine (C=N–C) groups is 1. The summed E-state index contributed by atoms with van der Waals surface area (Å²) in [6.45, 7) is 0. The Morgan fingerprint density at radius 3 is 2.32 bits per heavy atom. The fourth-order valence-corrected chi connectivity index (χ4v) is 2.74. The Bertz CT molecular complexity index is 941. The molecule has 3 rings (SSSR count). The van der Waals surface area contributed by atoms with E-state index in [0.717, 1.165) is 28.4 Å². The Morgan fingerprint density at radius 2 is 1.68 bits per heavy atom. The van der Waals surface area contributed by atoms with Crippen LogP contribution in [-0.2, 0) is 6.42 Å². The minimum absolute atomic E-state index is 0.360. The van der Waals surface area contributed by atoms with Crippen molar-refractivity contribution in [2.75, 3.05) is 26.2 Å². The van der Waals surface area contributed by atoms with Gasteiger partial charge in [-0.25, -0.2) is 9.98 Å². The molecule has 0 saturated heterocycles. The van der Waals surface area contributed by atoms with E-state index in [1.165, 1.54) is 0 Å². The molecule has 2 aromatic carbocycles. The highest BCUT2D eigenvalue weighted by Crippen LogP contribution is 2.24. The maximum atomic E-state index is 6.18. The number of rotatable bonds is 6. The zero-order chi connectivity index (χ0) is 19.9. The van der Waals surface area contributed by atoms with E-state index in [1.807, 2.05) is 73.8 Å². The SMILES string of the molecule is COc1ccc(Cc2nc(N(C)C(N)=Nc3ccccc3)ccc2OC)cc1. The molecule has 6 nitrogen and oxygen atoms in total. The van der Waals surface area contributed by atoms with Gasteiger partial charge in [-0.3, -0.25) is 0 Å². The summed E-state index contributed by atoms with van der Waals surface area (Å²) in [6, 6.07) is 21.2. The first-order chi connectivity index (χ1) is 13.6. The Kier molecular flexibility index (Phi) is 6.11. The van der Waals surface area contributed by atoms with Gasteiger partial charge in [-0.15, -0.1) is 0 Å². The highest BCUT2D eigenvalue weighted by molar-refractivity contribution is 5.95. The van der Waals surface area contributed by atoms with Crippen molar-refractivity contribution in [1.29, 1.82) is 0 Å². The molecule has 0 aliphatic carbocycles. The first kappa shape index (κ1) is 19.2. The smallest absolute Gasteiger partial charge is 0.201 e. The van der Waals surface area contributed by atoms with E-state index >= 15 is 0 Å². The van der Waals surface area contributed by atoms with Crippen LogP contribution in [0.15, 0.2) is 71.7 Å². The molecule has 28 heavy (non-hydrogen) atoms. The number of nitrogens with zero attached hydrogens (tertiary/aromatic N) is 3. The largest absolute Gasteiger partial charge is 0.497 e. The van der Waals surface area contributed by atoms with Crippen LogP contribution in [0.1, 0.15) is 11.3 Å². The van der Waals surface area contributed by atoms with Gasteiger partial charge in [-0.05, 0) is 42.0 Å². The summed E-state index contributed by atoms with van der Waals surface area (Å²) in [5.41, 5.74) is 8.90. The summed E-state index contributed by atoms with van der Waals surface area (Å²) in [5, 5.41) is 0. The summed E-state index contributed by atoms with van der Waals surface area (Å²) in [7, 11) is 5.14. The maximum absolute atomic E-state index is 6.18. The van der Waals surface area contributed by atoms with Crippen LogP contribution in [0.5, 0.6) is 11.5 Å². The molecule has 0 aliphatic heterocycles. The number of benzene rings is 2. The molecular weight excluding hydrogens is 352 g/mol. The molecule has 0 unspecified atom stereocenters. The number of anilines is 1. The van der Waals surface area contributed by atoms with Crippen molar-refractivity contribution in [3.63, 3.8) is 0 Å². The van der Waals surface area contributed by atoms with Gasteiger partial charge >= 0.3 is 0 Å². The second-order valence-electron chi connectivity index (χ2n) is 6.21. The number of pyridine rings is 1. The zero-order valence-corrected chi connectivity index (χ0v) is 16.3. The Morgan fingerprint density at radius 1 is 0.964 bits per heavy atom. The second-order valence-corrected chi connectivity index (χ2v) is 6.21. The normalized spacial score (nSPS) is 11.2. The molecule has 0 spiro atoms. The van der Waals surface area contributed by atoms with E-state index in [9.17, 15) is 0 Å². The molecule has 1 aromatic heterocycles. The van der Waals surface area contributed by atoms with Gasteiger partial charge in [0.05, 0.1) is 25.6 Å². The van der Waals surface area contributed by atoms with Crippen LogP contribution >= 0.6 is 0 Å². The standard InChI is InChI=1S/C22H24N4O2/c1-26(22(23)24-17-7-5-4-6-8-17)21-14-13-20(28-3)19(25-21)15-16-9-11-18(27-2)12-10-16/h4-14H,15H2,1-3H3,(H2,23,24). The third kappa shape index (κ3) is 4.59. The summed E-state index contributed by atoms with van der Waals surface area (Å²) >= 11 is 0. The topological polar surface area (TPSA) is 73.0 Å². The number of hydrogen-bond donors (Lipinski definition) is 1. The van der Waals surface area contributed by atoms with Crippen LogP contribution in [0.3, 0.4) is 0 Å². The Hall–Kier alpha value is -3.54.